The first kappa shape index (κ1) is 41.6. The normalized spacial score (nSPS) is 16.7. The van der Waals surface area contributed by atoms with Gasteiger partial charge in [-0.15, -0.1) is 11.3 Å². The second-order valence-corrected chi connectivity index (χ2v) is 14.6. The number of amides is 1. The number of nitrogens with zero attached hydrogens (tertiary/aromatic N) is 3. The average Bonchev–Trinajstić information content (AvgIpc) is 3.60. The zero-order valence-electron chi connectivity index (χ0n) is 30.3. The first-order valence-corrected chi connectivity index (χ1v) is 18.6. The number of fused-ring (bicyclic) bond motifs is 1. The van der Waals surface area contributed by atoms with Crippen LogP contribution in [0.4, 0.5) is 26.3 Å². The average molecular weight is 826 g/mol. The predicted octanol–water partition coefficient (Wildman–Crippen LogP) is 5.08. The van der Waals surface area contributed by atoms with Gasteiger partial charge in [-0.25, -0.2) is 14.6 Å². The SMILES string of the molecule is Cc1nc(C(=O)N2CCOC3(CCN(CCOc4cccc(CNC[C@H](OC(=O)C(F)(F)F)c5ccc(OC(=O)C(F)(F)F)c6[nH]c(=O)ccc56)c4)CC3)C2)cs1. The number of thiazole rings is 1. The molecule has 20 heteroatoms. The Bertz CT molecular complexity index is 2150. The molecule has 1 spiro atoms. The molecule has 4 heterocycles. The van der Waals surface area contributed by atoms with Crippen molar-refractivity contribution in [3.05, 3.63) is 86.1 Å². The largest absolute Gasteiger partial charge is 0.492 e. The van der Waals surface area contributed by atoms with Gasteiger partial charge in [0, 0.05) is 61.7 Å². The van der Waals surface area contributed by atoms with Crippen molar-refractivity contribution < 1.29 is 59.7 Å². The van der Waals surface area contributed by atoms with Gasteiger partial charge in [0.25, 0.3) is 5.91 Å². The maximum Gasteiger partial charge on any atom is 0.491 e. The van der Waals surface area contributed by atoms with Crippen molar-refractivity contribution in [2.24, 2.45) is 0 Å². The van der Waals surface area contributed by atoms with E-state index < -0.39 is 59.4 Å². The molecule has 2 N–H and O–H groups in total. The third-order valence-corrected chi connectivity index (χ3v) is 10.3. The number of benzene rings is 2. The summed E-state index contributed by atoms with van der Waals surface area (Å²) in [6, 6.07) is 10.9. The molecular weight excluding hydrogens is 788 g/mol. The quantitative estimate of drug-likeness (QED) is 0.112. The Morgan fingerprint density at radius 2 is 1.77 bits per heavy atom. The molecule has 0 saturated carbocycles. The summed E-state index contributed by atoms with van der Waals surface area (Å²) in [5, 5.41) is 5.41. The summed E-state index contributed by atoms with van der Waals surface area (Å²) in [5.41, 5.74) is -0.650. The number of aromatic amines is 1. The van der Waals surface area contributed by atoms with Gasteiger partial charge in [-0.2, -0.15) is 26.3 Å². The number of morpholine rings is 1. The van der Waals surface area contributed by atoms with E-state index in [2.05, 4.69) is 24.9 Å². The van der Waals surface area contributed by atoms with Crippen molar-refractivity contribution in [3.8, 4) is 11.5 Å². The molecular formula is C37H37F6N5O8S. The van der Waals surface area contributed by atoms with Gasteiger partial charge in [0.15, 0.2) is 5.75 Å². The summed E-state index contributed by atoms with van der Waals surface area (Å²) < 4.78 is 100. The molecule has 0 unspecified atom stereocenters. The van der Waals surface area contributed by atoms with Crippen LogP contribution in [-0.2, 0) is 25.6 Å². The van der Waals surface area contributed by atoms with E-state index in [1.54, 1.807) is 29.6 Å². The standard InChI is InChI=1S/C37H37F6N5O8S/c1-22-45-27(20-57-22)32(50)48-14-16-54-35(21-48)9-11-47(12-10-35)13-15-53-24-4-2-3-23(17-24)18-44-19-29(56-34(52)37(41,42)43)25-5-7-28(55-33(51)36(38,39)40)31-26(25)6-8-30(49)46-31/h2-8,17,20,29,44H,9-16,18-19,21H2,1H3,(H,46,49)/t29-/m0/s1. The molecule has 1 amide bonds. The third-order valence-electron chi connectivity index (χ3n) is 9.53. The number of alkyl halides is 6. The van der Waals surface area contributed by atoms with E-state index in [0.29, 0.717) is 49.9 Å². The van der Waals surface area contributed by atoms with E-state index in [0.717, 1.165) is 55.2 Å². The lowest BCUT2D eigenvalue weighted by molar-refractivity contribution is -0.205. The fraction of sp³-hybridized carbons (Fsp3) is 0.432. The second kappa shape index (κ2) is 17.2. The van der Waals surface area contributed by atoms with Crippen molar-refractivity contribution in [2.75, 3.05) is 52.5 Å². The minimum atomic E-state index is -5.38. The number of ether oxygens (including phenoxy) is 4. The van der Waals surface area contributed by atoms with Gasteiger partial charge in [0.2, 0.25) is 5.56 Å². The molecule has 2 aliphatic heterocycles. The first-order chi connectivity index (χ1) is 27.0. The van der Waals surface area contributed by atoms with Crippen LogP contribution in [0.5, 0.6) is 11.5 Å². The molecule has 2 fully saturated rings. The van der Waals surface area contributed by atoms with E-state index in [4.69, 9.17) is 14.2 Å². The second-order valence-electron chi connectivity index (χ2n) is 13.5. The first-order valence-electron chi connectivity index (χ1n) is 17.7. The summed E-state index contributed by atoms with van der Waals surface area (Å²) in [6.07, 6.45) is -10.9. The van der Waals surface area contributed by atoms with Crippen LogP contribution in [0.3, 0.4) is 0 Å². The van der Waals surface area contributed by atoms with Gasteiger partial charge in [-0.3, -0.25) is 14.5 Å². The molecule has 4 aromatic rings. The highest BCUT2D eigenvalue weighted by Gasteiger charge is 2.44. The van der Waals surface area contributed by atoms with E-state index in [1.807, 2.05) is 11.8 Å². The van der Waals surface area contributed by atoms with E-state index >= 15 is 0 Å². The Balaban J connectivity index is 1.04. The van der Waals surface area contributed by atoms with Crippen LogP contribution in [0.1, 0.15) is 45.6 Å². The Labute approximate surface area is 324 Å². The highest BCUT2D eigenvalue weighted by atomic mass is 32.1. The molecule has 57 heavy (non-hydrogen) atoms. The maximum absolute atomic E-state index is 13.3. The highest BCUT2D eigenvalue weighted by Crippen LogP contribution is 2.34. The zero-order chi connectivity index (χ0) is 41.0. The van der Waals surface area contributed by atoms with E-state index in [9.17, 15) is 45.5 Å². The predicted molar refractivity (Wildman–Crippen MR) is 192 cm³/mol. The van der Waals surface area contributed by atoms with Crippen molar-refractivity contribution >= 4 is 40.1 Å². The van der Waals surface area contributed by atoms with Crippen LogP contribution in [-0.4, -0.2) is 108 Å². The minimum absolute atomic E-state index is 0.0725. The molecule has 2 saturated heterocycles. The number of piperidine rings is 1. The lowest BCUT2D eigenvalue weighted by Gasteiger charge is -2.47. The van der Waals surface area contributed by atoms with Gasteiger partial charge >= 0.3 is 24.3 Å². The summed E-state index contributed by atoms with van der Waals surface area (Å²) >= 11 is 1.44. The Morgan fingerprint density at radius 3 is 2.47 bits per heavy atom. The Hall–Kier alpha value is -5.05. The van der Waals surface area contributed by atoms with Crippen LogP contribution < -0.4 is 20.3 Å². The molecule has 2 aromatic carbocycles. The van der Waals surface area contributed by atoms with Crippen LogP contribution >= 0.6 is 11.3 Å². The smallest absolute Gasteiger partial charge is 0.491 e. The van der Waals surface area contributed by atoms with Gasteiger partial charge < -0.3 is 34.1 Å². The third kappa shape index (κ3) is 10.5. The number of hydrogen-bond acceptors (Lipinski definition) is 12. The van der Waals surface area contributed by atoms with Crippen LogP contribution in [0.25, 0.3) is 10.9 Å². The Morgan fingerprint density at radius 1 is 1.02 bits per heavy atom. The summed E-state index contributed by atoms with van der Waals surface area (Å²) in [7, 11) is 0. The summed E-state index contributed by atoms with van der Waals surface area (Å²) in [6.45, 7) is 5.49. The topological polar surface area (TPSA) is 152 Å². The fourth-order valence-corrected chi connectivity index (χ4v) is 7.28. The van der Waals surface area contributed by atoms with Crippen molar-refractivity contribution in [1.82, 2.24) is 25.1 Å². The minimum Gasteiger partial charge on any atom is -0.492 e. The van der Waals surface area contributed by atoms with Crippen molar-refractivity contribution in [3.63, 3.8) is 0 Å². The Kier molecular flexibility index (Phi) is 12.6. The number of hydrogen-bond donors (Lipinski definition) is 2. The monoisotopic (exact) mass is 825 g/mol. The van der Waals surface area contributed by atoms with E-state index in [-0.39, 0.29) is 23.4 Å². The molecule has 2 aromatic heterocycles. The number of carbonyl (C=O) groups excluding carboxylic acids is 3. The maximum atomic E-state index is 13.3. The number of rotatable bonds is 12. The fourth-order valence-electron chi connectivity index (χ4n) is 6.70. The molecule has 6 rings (SSSR count). The van der Waals surface area contributed by atoms with Crippen LogP contribution in [0, 0.1) is 6.92 Å². The lowest BCUT2D eigenvalue weighted by Crippen LogP contribution is -2.58. The molecule has 0 radical (unpaired) electrons. The summed E-state index contributed by atoms with van der Waals surface area (Å²) in [5.74, 6) is -5.39. The molecule has 0 bridgehead atoms. The molecule has 13 nitrogen and oxygen atoms in total. The molecule has 1 atom stereocenters. The number of aryl methyl sites for hydroxylation is 1. The zero-order valence-corrected chi connectivity index (χ0v) is 31.2. The van der Waals surface area contributed by atoms with Gasteiger partial charge in [0.1, 0.15) is 24.2 Å². The van der Waals surface area contributed by atoms with Crippen LogP contribution in [0.2, 0.25) is 0 Å². The number of H-pyrrole nitrogens is 1. The molecule has 0 aliphatic carbocycles. The highest BCUT2D eigenvalue weighted by molar-refractivity contribution is 7.09. The number of carbonyl (C=O) groups is 3. The van der Waals surface area contributed by atoms with Gasteiger partial charge in [-0.05, 0) is 49.6 Å². The number of aromatic nitrogens is 2. The number of likely N-dealkylation sites (tertiary alicyclic amines) is 1. The summed E-state index contributed by atoms with van der Waals surface area (Å²) in [4.78, 5) is 59.2. The molecule has 2 aliphatic rings. The molecule has 306 valence electrons. The number of halogens is 6. The van der Waals surface area contributed by atoms with Crippen LogP contribution in [0.15, 0.2) is 58.7 Å². The number of nitrogens with one attached hydrogen (secondary N) is 2. The van der Waals surface area contributed by atoms with Gasteiger partial charge in [0.05, 0.1) is 29.3 Å². The van der Waals surface area contributed by atoms with Crippen molar-refractivity contribution in [1.29, 1.82) is 0 Å². The lowest BCUT2D eigenvalue weighted by atomic mass is 9.89. The van der Waals surface area contributed by atoms with E-state index in [1.165, 1.54) is 11.3 Å². The number of pyridine rings is 1. The van der Waals surface area contributed by atoms with Crippen molar-refractivity contribution in [2.45, 2.75) is 50.4 Å². The number of esters is 2. The van der Waals surface area contributed by atoms with Gasteiger partial charge in [-0.1, -0.05) is 18.2 Å².